The second-order valence-corrected chi connectivity index (χ2v) is 9.17. The molecule has 0 unspecified atom stereocenters. The number of urea groups is 1. The molecule has 2 fully saturated rings. The summed E-state index contributed by atoms with van der Waals surface area (Å²) < 4.78 is 5.31. The van der Waals surface area contributed by atoms with E-state index in [0.29, 0.717) is 31.7 Å². The molecule has 3 rings (SSSR count). The summed E-state index contributed by atoms with van der Waals surface area (Å²) in [5, 5.41) is 5.70. The first-order chi connectivity index (χ1) is 13.7. The molecule has 1 aromatic carbocycles. The third-order valence-corrected chi connectivity index (χ3v) is 5.83. The van der Waals surface area contributed by atoms with Crippen LogP contribution in [0.1, 0.15) is 45.6 Å². The molecule has 1 saturated carbocycles. The van der Waals surface area contributed by atoms with E-state index in [-0.39, 0.29) is 23.8 Å². The first-order valence-corrected chi connectivity index (χ1v) is 10.2. The first-order valence-electron chi connectivity index (χ1n) is 10.2. The molecule has 0 bridgehead atoms. The number of hydrogen-bond donors (Lipinski definition) is 2. The second-order valence-electron chi connectivity index (χ2n) is 9.17. The Morgan fingerprint density at radius 2 is 2.00 bits per heavy atom. The van der Waals surface area contributed by atoms with Crippen LogP contribution in [0.2, 0.25) is 0 Å². The van der Waals surface area contributed by atoms with Crippen molar-refractivity contribution in [1.29, 1.82) is 0 Å². The van der Waals surface area contributed by atoms with Gasteiger partial charge >= 0.3 is 6.03 Å². The number of hydrogen-bond acceptors (Lipinski definition) is 4. The highest BCUT2D eigenvalue weighted by atomic mass is 16.5. The van der Waals surface area contributed by atoms with Gasteiger partial charge in [0.15, 0.2) is 0 Å². The Kier molecular flexibility index (Phi) is 5.87. The van der Waals surface area contributed by atoms with Crippen LogP contribution in [0.15, 0.2) is 24.3 Å². The van der Waals surface area contributed by atoms with Crippen molar-refractivity contribution in [3.8, 4) is 5.75 Å². The van der Waals surface area contributed by atoms with Crippen LogP contribution in [0.4, 0.5) is 4.79 Å². The average Bonchev–Trinajstić information content (AvgIpc) is 2.83. The van der Waals surface area contributed by atoms with Gasteiger partial charge in [-0.2, -0.15) is 0 Å². The van der Waals surface area contributed by atoms with E-state index in [9.17, 15) is 14.4 Å². The molecule has 1 aliphatic carbocycles. The van der Waals surface area contributed by atoms with E-state index < -0.39 is 11.6 Å². The highest BCUT2D eigenvalue weighted by Gasteiger charge is 2.56. The largest absolute Gasteiger partial charge is 0.496 e. The lowest BCUT2D eigenvalue weighted by Crippen LogP contribution is -2.54. The van der Waals surface area contributed by atoms with Gasteiger partial charge < -0.3 is 15.4 Å². The minimum Gasteiger partial charge on any atom is -0.496 e. The minimum absolute atomic E-state index is 0.0341. The van der Waals surface area contributed by atoms with Crippen LogP contribution in [0.25, 0.3) is 0 Å². The van der Waals surface area contributed by atoms with Crippen molar-refractivity contribution in [3.05, 3.63) is 29.8 Å². The van der Waals surface area contributed by atoms with Crippen molar-refractivity contribution in [2.75, 3.05) is 20.2 Å². The van der Waals surface area contributed by atoms with Crippen LogP contribution in [-0.4, -0.2) is 48.5 Å². The van der Waals surface area contributed by atoms with Gasteiger partial charge in [0.25, 0.3) is 5.91 Å². The van der Waals surface area contributed by atoms with E-state index >= 15 is 0 Å². The van der Waals surface area contributed by atoms with Crippen molar-refractivity contribution >= 4 is 17.8 Å². The lowest BCUT2D eigenvalue weighted by molar-refractivity contribution is -0.137. The maximum absolute atomic E-state index is 13.1. The molecule has 158 valence electrons. The molecule has 2 atom stereocenters. The molecule has 1 heterocycles. The molecule has 7 nitrogen and oxygen atoms in total. The number of carbonyl (C=O) groups is 3. The van der Waals surface area contributed by atoms with Crippen LogP contribution in [0, 0.1) is 11.3 Å². The van der Waals surface area contributed by atoms with Crippen LogP contribution >= 0.6 is 0 Å². The number of ether oxygens (including phenoxy) is 1. The van der Waals surface area contributed by atoms with E-state index in [1.807, 2.05) is 24.3 Å². The monoisotopic (exact) mass is 401 g/mol. The van der Waals surface area contributed by atoms with E-state index in [1.54, 1.807) is 7.11 Å². The number of nitrogens with zero attached hydrogens (tertiary/aromatic N) is 1. The van der Waals surface area contributed by atoms with E-state index in [0.717, 1.165) is 22.6 Å². The second kappa shape index (κ2) is 8.05. The first kappa shape index (κ1) is 21.1. The van der Waals surface area contributed by atoms with Gasteiger partial charge in [0.05, 0.1) is 7.11 Å². The van der Waals surface area contributed by atoms with Crippen LogP contribution in [0.5, 0.6) is 5.75 Å². The van der Waals surface area contributed by atoms with Crippen molar-refractivity contribution in [2.45, 2.75) is 52.0 Å². The van der Waals surface area contributed by atoms with Gasteiger partial charge in [-0.3, -0.25) is 14.5 Å². The Morgan fingerprint density at radius 1 is 1.28 bits per heavy atom. The van der Waals surface area contributed by atoms with Crippen LogP contribution < -0.4 is 15.4 Å². The van der Waals surface area contributed by atoms with E-state index in [1.165, 1.54) is 0 Å². The Balaban J connectivity index is 1.58. The highest BCUT2D eigenvalue weighted by molar-refractivity contribution is 6.09. The summed E-state index contributed by atoms with van der Waals surface area (Å²) in [5.41, 5.74) is 0.0754. The number of benzene rings is 1. The molecule has 0 aromatic heterocycles. The third-order valence-electron chi connectivity index (χ3n) is 5.83. The molecule has 0 radical (unpaired) electrons. The number of nitrogens with one attached hydrogen (secondary N) is 2. The topological polar surface area (TPSA) is 87.7 Å². The Labute approximate surface area is 172 Å². The number of rotatable bonds is 6. The maximum Gasteiger partial charge on any atom is 0.325 e. The number of carbonyl (C=O) groups excluding carboxylic acids is 3. The molecule has 1 aliphatic heterocycles. The molecule has 1 spiro atoms. The SMILES string of the molecule is COc1ccccc1CCNC(=O)CN1C(=O)N[C@]2(C[C@H](C)CC(C)(C)C2)C1=O. The zero-order chi connectivity index (χ0) is 21.2. The predicted octanol–water partition coefficient (Wildman–Crippen LogP) is 2.49. The summed E-state index contributed by atoms with van der Waals surface area (Å²) in [6, 6.07) is 7.15. The summed E-state index contributed by atoms with van der Waals surface area (Å²) in [6.45, 7) is 6.49. The Morgan fingerprint density at radius 3 is 2.69 bits per heavy atom. The van der Waals surface area contributed by atoms with Crippen LogP contribution in [-0.2, 0) is 16.0 Å². The number of para-hydroxylation sites is 1. The molecule has 4 amide bonds. The smallest absolute Gasteiger partial charge is 0.325 e. The van der Waals surface area contributed by atoms with Gasteiger partial charge in [-0.15, -0.1) is 0 Å². The van der Waals surface area contributed by atoms with E-state index in [4.69, 9.17) is 4.74 Å². The van der Waals surface area contributed by atoms with Gasteiger partial charge in [-0.25, -0.2) is 4.79 Å². The molecular weight excluding hydrogens is 370 g/mol. The quantitative estimate of drug-likeness (QED) is 0.717. The fraction of sp³-hybridized carbons (Fsp3) is 0.591. The van der Waals surface area contributed by atoms with Gasteiger partial charge in [0, 0.05) is 6.54 Å². The summed E-state index contributed by atoms with van der Waals surface area (Å²) >= 11 is 0. The molecular formula is C22H31N3O4. The summed E-state index contributed by atoms with van der Waals surface area (Å²) in [6.07, 6.45) is 2.83. The fourth-order valence-electron chi connectivity index (χ4n) is 5.10. The van der Waals surface area contributed by atoms with Crippen molar-refractivity contribution < 1.29 is 19.1 Å². The van der Waals surface area contributed by atoms with E-state index in [2.05, 4.69) is 31.4 Å². The number of amides is 4. The molecule has 2 aliphatic rings. The van der Waals surface area contributed by atoms with Gasteiger partial charge in [-0.05, 0) is 48.6 Å². The Bertz CT molecular complexity index is 807. The Hall–Kier alpha value is -2.57. The van der Waals surface area contributed by atoms with Crippen molar-refractivity contribution in [2.24, 2.45) is 11.3 Å². The zero-order valence-electron chi connectivity index (χ0n) is 17.7. The number of methoxy groups -OCH3 is 1. The fourth-order valence-corrected chi connectivity index (χ4v) is 5.10. The molecule has 7 heteroatoms. The van der Waals surface area contributed by atoms with Crippen LogP contribution in [0.3, 0.4) is 0 Å². The lowest BCUT2D eigenvalue weighted by atomic mass is 9.64. The van der Waals surface area contributed by atoms with Gasteiger partial charge in [-0.1, -0.05) is 39.0 Å². The molecule has 1 aromatic rings. The summed E-state index contributed by atoms with van der Waals surface area (Å²) in [5.74, 6) is 0.482. The average molecular weight is 402 g/mol. The summed E-state index contributed by atoms with van der Waals surface area (Å²) in [7, 11) is 1.61. The lowest BCUT2D eigenvalue weighted by Gasteiger charge is -2.43. The normalized spacial score (nSPS) is 25.8. The summed E-state index contributed by atoms with van der Waals surface area (Å²) in [4.78, 5) is 39.0. The highest BCUT2D eigenvalue weighted by Crippen LogP contribution is 2.46. The minimum atomic E-state index is -0.879. The maximum atomic E-state index is 13.1. The van der Waals surface area contributed by atoms with Gasteiger partial charge in [0.2, 0.25) is 5.91 Å². The molecule has 29 heavy (non-hydrogen) atoms. The van der Waals surface area contributed by atoms with Crippen molar-refractivity contribution in [3.63, 3.8) is 0 Å². The predicted molar refractivity (Wildman–Crippen MR) is 109 cm³/mol. The third kappa shape index (κ3) is 4.54. The van der Waals surface area contributed by atoms with Gasteiger partial charge in [0.1, 0.15) is 17.8 Å². The number of imide groups is 1. The zero-order valence-corrected chi connectivity index (χ0v) is 17.7. The van der Waals surface area contributed by atoms with Crippen molar-refractivity contribution in [1.82, 2.24) is 15.5 Å². The molecule has 2 N–H and O–H groups in total. The standard InChI is InChI=1S/C22H31N3O4/c1-15-11-21(2,3)14-22(12-15)19(27)25(20(28)24-22)13-18(26)23-10-9-16-7-5-6-8-17(16)29-4/h5-8,15H,9-14H2,1-4H3,(H,23,26)(H,24,28)/t15-,22+/m1/s1. The molecule has 1 saturated heterocycles.